The fourth-order valence-electron chi connectivity index (χ4n) is 2.69. The number of pyridine rings is 1. The van der Waals surface area contributed by atoms with Crippen molar-refractivity contribution in [2.75, 3.05) is 12.0 Å². The summed E-state index contributed by atoms with van der Waals surface area (Å²) in [5.74, 6) is 1.26. The number of anilines is 1. The van der Waals surface area contributed by atoms with E-state index in [2.05, 4.69) is 9.88 Å². The van der Waals surface area contributed by atoms with Gasteiger partial charge < -0.3 is 14.7 Å². The average molecular weight is 329 g/mol. The maximum Gasteiger partial charge on any atom is 0.290 e. The number of rotatable bonds is 6. The van der Waals surface area contributed by atoms with Crippen LogP contribution in [0.1, 0.15) is 24.1 Å². The Kier molecular flexibility index (Phi) is 4.24. The maximum atomic E-state index is 11.0. The molecule has 2 aromatic rings. The molecular weight excluding hydrogens is 310 g/mol. The number of aryl methyl sites for hydroxylation is 1. The number of benzene rings is 1. The topological polar surface area (TPSA) is 88.7 Å². The summed E-state index contributed by atoms with van der Waals surface area (Å²) in [6.07, 6.45) is 2.15. The van der Waals surface area contributed by atoms with E-state index in [0.29, 0.717) is 24.0 Å². The molecule has 0 radical (unpaired) electrons. The van der Waals surface area contributed by atoms with Crippen molar-refractivity contribution in [2.24, 2.45) is 0 Å². The highest BCUT2D eigenvalue weighted by Crippen LogP contribution is 2.34. The number of hydrogen-bond donors (Lipinski definition) is 1. The number of methoxy groups -OCH3 is 1. The lowest BCUT2D eigenvalue weighted by Crippen LogP contribution is -2.26. The largest absolute Gasteiger partial charge is 0.504 e. The molecule has 1 aliphatic rings. The van der Waals surface area contributed by atoms with Crippen LogP contribution in [0.15, 0.2) is 30.3 Å². The number of ether oxygens (including phenoxy) is 1. The van der Waals surface area contributed by atoms with E-state index in [9.17, 15) is 15.2 Å². The molecule has 1 aromatic carbocycles. The molecule has 126 valence electrons. The average Bonchev–Trinajstić information content (AvgIpc) is 3.38. The van der Waals surface area contributed by atoms with Crippen LogP contribution < -0.4 is 9.64 Å². The first kappa shape index (κ1) is 16.0. The van der Waals surface area contributed by atoms with Crippen molar-refractivity contribution in [1.82, 2.24) is 4.98 Å². The van der Waals surface area contributed by atoms with Crippen molar-refractivity contribution in [1.29, 1.82) is 0 Å². The summed E-state index contributed by atoms with van der Waals surface area (Å²) in [5.41, 5.74) is 1.42. The molecule has 0 atom stereocenters. The van der Waals surface area contributed by atoms with E-state index in [4.69, 9.17) is 4.74 Å². The molecule has 0 bridgehead atoms. The molecule has 0 amide bonds. The van der Waals surface area contributed by atoms with Crippen LogP contribution in [-0.4, -0.2) is 28.2 Å². The number of aromatic nitrogens is 1. The fraction of sp³-hybridized carbons (Fsp3) is 0.353. The van der Waals surface area contributed by atoms with Crippen LogP contribution in [0.5, 0.6) is 11.5 Å². The smallest absolute Gasteiger partial charge is 0.290 e. The summed E-state index contributed by atoms with van der Waals surface area (Å²) >= 11 is 0. The van der Waals surface area contributed by atoms with Gasteiger partial charge in [-0.15, -0.1) is 0 Å². The molecule has 7 nitrogen and oxygen atoms in total. The Balaban J connectivity index is 1.88. The van der Waals surface area contributed by atoms with Gasteiger partial charge in [0.1, 0.15) is 11.5 Å². The van der Waals surface area contributed by atoms with E-state index >= 15 is 0 Å². The first-order valence-corrected chi connectivity index (χ1v) is 7.74. The highest BCUT2D eigenvalue weighted by atomic mass is 16.6. The van der Waals surface area contributed by atoms with Gasteiger partial charge in [0.15, 0.2) is 11.5 Å². The van der Waals surface area contributed by atoms with E-state index in [1.54, 1.807) is 25.1 Å². The van der Waals surface area contributed by atoms with Crippen LogP contribution in [-0.2, 0) is 6.54 Å². The van der Waals surface area contributed by atoms with Crippen LogP contribution in [0, 0.1) is 17.0 Å². The van der Waals surface area contributed by atoms with Gasteiger partial charge in [-0.2, -0.15) is 0 Å². The molecule has 0 unspecified atom stereocenters. The Bertz CT molecular complexity index is 774. The van der Waals surface area contributed by atoms with Gasteiger partial charge in [0.25, 0.3) is 5.69 Å². The fourth-order valence-corrected chi connectivity index (χ4v) is 2.69. The molecule has 0 spiro atoms. The molecular formula is C17H19N3O4. The quantitative estimate of drug-likeness (QED) is 0.647. The van der Waals surface area contributed by atoms with Crippen LogP contribution in [0.3, 0.4) is 0 Å². The third kappa shape index (κ3) is 3.24. The molecule has 1 aromatic heterocycles. The monoisotopic (exact) mass is 329 g/mol. The number of aromatic hydroxyl groups is 1. The third-order valence-corrected chi connectivity index (χ3v) is 4.12. The molecule has 1 fully saturated rings. The summed E-state index contributed by atoms with van der Waals surface area (Å²) in [6, 6.07) is 8.83. The molecule has 1 saturated carbocycles. The minimum Gasteiger partial charge on any atom is -0.504 e. The molecule has 0 aliphatic heterocycles. The second-order valence-electron chi connectivity index (χ2n) is 5.90. The highest BCUT2D eigenvalue weighted by Gasteiger charge is 2.31. The zero-order valence-corrected chi connectivity index (χ0v) is 13.6. The highest BCUT2D eigenvalue weighted by molar-refractivity contribution is 5.50. The SMILES string of the molecule is COc1cc(CN(c2ccc([N+](=O)[O-])c(C)n2)C2CC2)ccc1O. The summed E-state index contributed by atoms with van der Waals surface area (Å²) in [6.45, 7) is 2.25. The molecule has 3 rings (SSSR count). The van der Waals surface area contributed by atoms with E-state index in [-0.39, 0.29) is 11.4 Å². The van der Waals surface area contributed by atoms with Crippen molar-refractivity contribution in [3.05, 3.63) is 51.7 Å². The Hall–Kier alpha value is -2.83. The van der Waals surface area contributed by atoms with Gasteiger partial charge in [-0.25, -0.2) is 4.98 Å². The summed E-state index contributed by atoms with van der Waals surface area (Å²) in [4.78, 5) is 17.1. The maximum absolute atomic E-state index is 11.0. The summed E-state index contributed by atoms with van der Waals surface area (Å²) < 4.78 is 5.15. The Morgan fingerprint density at radius 3 is 2.71 bits per heavy atom. The van der Waals surface area contributed by atoms with Crippen LogP contribution >= 0.6 is 0 Å². The second kappa shape index (κ2) is 6.35. The van der Waals surface area contributed by atoms with Crippen LogP contribution in [0.25, 0.3) is 0 Å². The van der Waals surface area contributed by atoms with E-state index < -0.39 is 4.92 Å². The number of phenols is 1. The van der Waals surface area contributed by atoms with Gasteiger partial charge in [0, 0.05) is 18.7 Å². The number of nitrogens with zero attached hydrogens (tertiary/aromatic N) is 3. The lowest BCUT2D eigenvalue weighted by atomic mass is 10.2. The predicted molar refractivity (Wildman–Crippen MR) is 89.5 cm³/mol. The minimum absolute atomic E-state index is 0.0285. The van der Waals surface area contributed by atoms with E-state index in [1.165, 1.54) is 13.2 Å². The van der Waals surface area contributed by atoms with Crippen molar-refractivity contribution < 1.29 is 14.8 Å². The third-order valence-electron chi connectivity index (χ3n) is 4.12. The van der Waals surface area contributed by atoms with Crippen molar-refractivity contribution in [3.8, 4) is 11.5 Å². The molecule has 1 N–H and O–H groups in total. The van der Waals surface area contributed by atoms with Crippen LogP contribution in [0.4, 0.5) is 11.5 Å². The first-order valence-electron chi connectivity index (χ1n) is 7.74. The number of nitro groups is 1. The van der Waals surface area contributed by atoms with Gasteiger partial charge >= 0.3 is 0 Å². The second-order valence-corrected chi connectivity index (χ2v) is 5.90. The Labute approximate surface area is 139 Å². The summed E-state index contributed by atoms with van der Waals surface area (Å²) in [7, 11) is 1.51. The number of hydrogen-bond acceptors (Lipinski definition) is 6. The van der Waals surface area contributed by atoms with Crippen molar-refractivity contribution >= 4 is 11.5 Å². The van der Waals surface area contributed by atoms with E-state index in [0.717, 1.165) is 24.2 Å². The molecule has 0 saturated heterocycles. The molecule has 1 heterocycles. The van der Waals surface area contributed by atoms with Gasteiger partial charge in [-0.3, -0.25) is 10.1 Å². The molecule has 1 aliphatic carbocycles. The van der Waals surface area contributed by atoms with Gasteiger partial charge in [-0.05, 0) is 43.5 Å². The van der Waals surface area contributed by atoms with Gasteiger partial charge in [0.2, 0.25) is 0 Å². The zero-order chi connectivity index (χ0) is 17.3. The van der Waals surface area contributed by atoms with Gasteiger partial charge in [0.05, 0.1) is 12.0 Å². The minimum atomic E-state index is -0.418. The zero-order valence-electron chi connectivity index (χ0n) is 13.6. The van der Waals surface area contributed by atoms with Crippen molar-refractivity contribution in [3.63, 3.8) is 0 Å². The Morgan fingerprint density at radius 1 is 1.38 bits per heavy atom. The van der Waals surface area contributed by atoms with Crippen molar-refractivity contribution in [2.45, 2.75) is 32.4 Å². The normalized spacial score (nSPS) is 13.6. The lowest BCUT2D eigenvalue weighted by Gasteiger charge is -2.24. The lowest BCUT2D eigenvalue weighted by molar-refractivity contribution is -0.385. The molecule has 24 heavy (non-hydrogen) atoms. The molecule has 7 heteroatoms. The van der Waals surface area contributed by atoms with Crippen LogP contribution in [0.2, 0.25) is 0 Å². The summed E-state index contributed by atoms with van der Waals surface area (Å²) in [5, 5.41) is 20.7. The van der Waals surface area contributed by atoms with Gasteiger partial charge in [-0.1, -0.05) is 6.07 Å². The Morgan fingerprint density at radius 2 is 2.12 bits per heavy atom. The standard InChI is InChI=1S/C17H19N3O4/c1-11-14(20(22)23)6-8-17(18-11)19(13-4-5-13)10-12-3-7-15(21)16(9-12)24-2/h3,6-9,13,21H,4-5,10H2,1-2H3. The van der Waals surface area contributed by atoms with E-state index in [1.807, 2.05) is 6.07 Å². The number of phenolic OH excluding ortho intramolecular Hbond substituents is 1. The predicted octanol–water partition coefficient (Wildman–Crippen LogP) is 3.18. The first-order chi connectivity index (χ1) is 11.5.